The molecule has 0 aliphatic carbocycles. The lowest BCUT2D eigenvalue weighted by molar-refractivity contribution is -0.132. The van der Waals surface area contributed by atoms with Gasteiger partial charge in [0.2, 0.25) is 15.9 Å². The first kappa shape index (κ1) is 22.3. The van der Waals surface area contributed by atoms with E-state index >= 15 is 0 Å². The van der Waals surface area contributed by atoms with Crippen molar-refractivity contribution in [3.63, 3.8) is 0 Å². The molecule has 0 radical (unpaired) electrons. The first-order chi connectivity index (χ1) is 15.3. The van der Waals surface area contributed by atoms with Crippen molar-refractivity contribution < 1.29 is 13.2 Å². The van der Waals surface area contributed by atoms with Crippen LogP contribution in [0.15, 0.2) is 65.6 Å². The van der Waals surface area contributed by atoms with Crippen LogP contribution in [0.2, 0.25) is 0 Å². The number of anilines is 1. The van der Waals surface area contributed by atoms with Crippen LogP contribution in [0.3, 0.4) is 0 Å². The van der Waals surface area contributed by atoms with E-state index in [-0.39, 0.29) is 10.8 Å². The number of nitrogens with one attached hydrogen (secondary N) is 1. The monoisotopic (exact) mass is 451 g/mol. The van der Waals surface area contributed by atoms with Gasteiger partial charge in [-0.05, 0) is 60.9 Å². The highest BCUT2D eigenvalue weighted by molar-refractivity contribution is 7.89. The Labute approximate surface area is 189 Å². The van der Waals surface area contributed by atoms with Crippen molar-refractivity contribution in [2.75, 3.05) is 31.1 Å². The first-order valence-electron chi connectivity index (χ1n) is 10.9. The van der Waals surface area contributed by atoms with Crippen molar-refractivity contribution in [1.82, 2.24) is 9.62 Å². The van der Waals surface area contributed by atoms with Gasteiger partial charge in [-0.15, -0.1) is 0 Å². The van der Waals surface area contributed by atoms with E-state index in [1.54, 1.807) is 30.0 Å². The molecule has 6 nitrogen and oxygen atoms in total. The van der Waals surface area contributed by atoms with E-state index < -0.39 is 16.1 Å². The number of amides is 1. The first-order valence-corrected chi connectivity index (χ1v) is 12.4. The van der Waals surface area contributed by atoms with Crippen LogP contribution in [-0.2, 0) is 14.8 Å². The van der Waals surface area contributed by atoms with Crippen LogP contribution < -0.4 is 9.62 Å². The molecule has 0 unspecified atom stereocenters. The van der Waals surface area contributed by atoms with E-state index in [1.165, 1.54) is 16.8 Å². The summed E-state index contributed by atoms with van der Waals surface area (Å²) in [5.41, 5.74) is 3.70. The molecule has 1 aliphatic rings. The van der Waals surface area contributed by atoms with E-state index in [0.717, 1.165) is 23.9 Å². The van der Waals surface area contributed by atoms with E-state index in [1.807, 2.05) is 24.3 Å². The third kappa shape index (κ3) is 4.49. The number of hydrogen-bond acceptors (Lipinski definition) is 4. The summed E-state index contributed by atoms with van der Waals surface area (Å²) in [5.74, 6) is -0.199. The van der Waals surface area contributed by atoms with Crippen LogP contribution in [0, 0.1) is 13.8 Å². The highest BCUT2D eigenvalue weighted by Gasteiger charge is 2.28. The third-order valence-electron chi connectivity index (χ3n) is 6.24. The summed E-state index contributed by atoms with van der Waals surface area (Å²) < 4.78 is 28.3. The molecule has 7 heteroatoms. The van der Waals surface area contributed by atoms with E-state index in [2.05, 4.69) is 41.7 Å². The molecule has 3 aromatic rings. The molecular formula is C25H29N3O3S. The predicted octanol–water partition coefficient (Wildman–Crippen LogP) is 3.47. The van der Waals surface area contributed by atoms with E-state index in [0.29, 0.717) is 13.1 Å². The Balaban J connectivity index is 1.41. The zero-order valence-electron chi connectivity index (χ0n) is 18.7. The number of carbonyl (C=O) groups excluding carboxylic acids is 1. The molecule has 1 saturated heterocycles. The minimum Gasteiger partial charge on any atom is -0.368 e. The number of carbonyl (C=O) groups is 1. The van der Waals surface area contributed by atoms with E-state index in [9.17, 15) is 13.2 Å². The Bertz CT molecular complexity index is 1250. The highest BCUT2D eigenvalue weighted by Crippen LogP contribution is 2.24. The maximum atomic E-state index is 13.0. The molecule has 1 heterocycles. The summed E-state index contributed by atoms with van der Waals surface area (Å²) in [4.78, 5) is 17.2. The summed E-state index contributed by atoms with van der Waals surface area (Å²) in [7, 11) is -3.81. The molecule has 0 aromatic heterocycles. The molecular weight excluding hydrogens is 422 g/mol. The predicted molar refractivity (Wildman–Crippen MR) is 128 cm³/mol. The SMILES string of the molecule is Cc1cccc(N2CCN(C(=O)[C@H](C)NS(=O)(=O)c3ccc4ccccc4c3)CC2)c1C. The van der Waals surface area contributed by atoms with Crippen LogP contribution in [0.25, 0.3) is 10.8 Å². The molecule has 32 heavy (non-hydrogen) atoms. The molecule has 4 rings (SSSR count). The zero-order valence-corrected chi connectivity index (χ0v) is 19.5. The van der Waals surface area contributed by atoms with Crippen LogP contribution in [0.5, 0.6) is 0 Å². The number of nitrogens with zero attached hydrogens (tertiary/aromatic N) is 2. The van der Waals surface area contributed by atoms with Crippen molar-refractivity contribution >= 4 is 32.4 Å². The summed E-state index contributed by atoms with van der Waals surface area (Å²) in [5, 5.41) is 1.81. The Kier molecular flexibility index (Phi) is 6.22. The maximum Gasteiger partial charge on any atom is 0.241 e. The number of fused-ring (bicyclic) bond motifs is 1. The number of benzene rings is 3. The maximum absolute atomic E-state index is 13.0. The number of hydrogen-bond donors (Lipinski definition) is 1. The normalized spacial score (nSPS) is 15.7. The number of piperazine rings is 1. The fraction of sp³-hybridized carbons (Fsp3) is 0.320. The summed E-state index contributed by atoms with van der Waals surface area (Å²) in [6, 6.07) is 18.0. The standard InChI is InChI=1S/C25H29N3O3S/c1-18-7-6-10-24(19(18)2)27-13-15-28(16-14-27)25(29)20(3)26-32(30,31)23-12-11-21-8-4-5-9-22(21)17-23/h4-12,17,20,26H,13-16H2,1-3H3/t20-/m0/s1. The Morgan fingerprint density at radius 3 is 2.31 bits per heavy atom. The fourth-order valence-corrected chi connectivity index (χ4v) is 5.44. The average molecular weight is 452 g/mol. The zero-order chi connectivity index (χ0) is 22.9. The molecule has 1 aliphatic heterocycles. The van der Waals surface area contributed by atoms with Crippen molar-refractivity contribution in [1.29, 1.82) is 0 Å². The van der Waals surface area contributed by atoms with Gasteiger partial charge in [0.1, 0.15) is 0 Å². The van der Waals surface area contributed by atoms with Gasteiger partial charge in [-0.3, -0.25) is 4.79 Å². The van der Waals surface area contributed by atoms with Gasteiger partial charge in [-0.2, -0.15) is 4.72 Å². The number of sulfonamides is 1. The van der Waals surface area contributed by atoms with Gasteiger partial charge in [0.15, 0.2) is 0 Å². The van der Waals surface area contributed by atoms with Crippen molar-refractivity contribution in [2.45, 2.75) is 31.7 Å². The topological polar surface area (TPSA) is 69.7 Å². The summed E-state index contributed by atoms with van der Waals surface area (Å²) >= 11 is 0. The number of aryl methyl sites for hydroxylation is 1. The Morgan fingerprint density at radius 2 is 1.59 bits per heavy atom. The lowest BCUT2D eigenvalue weighted by Crippen LogP contribution is -2.54. The van der Waals surface area contributed by atoms with Gasteiger partial charge in [-0.1, -0.05) is 42.5 Å². The molecule has 1 atom stereocenters. The smallest absolute Gasteiger partial charge is 0.241 e. The van der Waals surface area contributed by atoms with Crippen LogP contribution >= 0.6 is 0 Å². The van der Waals surface area contributed by atoms with Crippen molar-refractivity contribution in [3.05, 3.63) is 71.8 Å². The van der Waals surface area contributed by atoms with Crippen LogP contribution in [0.1, 0.15) is 18.1 Å². The molecule has 3 aromatic carbocycles. The minimum absolute atomic E-state index is 0.163. The van der Waals surface area contributed by atoms with Crippen molar-refractivity contribution in [2.24, 2.45) is 0 Å². The van der Waals surface area contributed by atoms with Gasteiger partial charge in [0.05, 0.1) is 10.9 Å². The van der Waals surface area contributed by atoms with Gasteiger partial charge >= 0.3 is 0 Å². The highest BCUT2D eigenvalue weighted by atomic mass is 32.2. The molecule has 1 amide bonds. The lowest BCUT2D eigenvalue weighted by Gasteiger charge is -2.38. The summed E-state index contributed by atoms with van der Waals surface area (Å²) in [6.07, 6.45) is 0. The van der Waals surface area contributed by atoms with Gasteiger partial charge in [0, 0.05) is 31.9 Å². The van der Waals surface area contributed by atoms with Crippen LogP contribution in [0.4, 0.5) is 5.69 Å². The third-order valence-corrected chi connectivity index (χ3v) is 7.78. The summed E-state index contributed by atoms with van der Waals surface area (Å²) in [6.45, 7) is 8.40. The Morgan fingerprint density at radius 1 is 0.906 bits per heavy atom. The lowest BCUT2D eigenvalue weighted by atomic mass is 10.1. The van der Waals surface area contributed by atoms with Gasteiger partial charge in [-0.25, -0.2) is 8.42 Å². The fourth-order valence-electron chi connectivity index (χ4n) is 4.21. The second-order valence-corrected chi connectivity index (χ2v) is 10.1. The molecule has 168 valence electrons. The molecule has 1 fully saturated rings. The second-order valence-electron chi connectivity index (χ2n) is 8.38. The molecule has 0 spiro atoms. The molecule has 1 N–H and O–H groups in total. The second kappa shape index (κ2) is 8.92. The van der Waals surface area contributed by atoms with Crippen LogP contribution in [-0.4, -0.2) is 51.4 Å². The molecule has 0 bridgehead atoms. The van der Waals surface area contributed by atoms with Gasteiger partial charge < -0.3 is 9.80 Å². The minimum atomic E-state index is -3.81. The average Bonchev–Trinajstić information content (AvgIpc) is 2.80. The molecule has 0 saturated carbocycles. The van der Waals surface area contributed by atoms with Crippen molar-refractivity contribution in [3.8, 4) is 0 Å². The largest absolute Gasteiger partial charge is 0.368 e. The van der Waals surface area contributed by atoms with Gasteiger partial charge in [0.25, 0.3) is 0 Å². The quantitative estimate of drug-likeness (QED) is 0.645. The van der Waals surface area contributed by atoms with E-state index in [4.69, 9.17) is 0 Å². The Hall–Kier alpha value is -2.90. The number of rotatable bonds is 5.